The van der Waals surface area contributed by atoms with E-state index in [4.69, 9.17) is 4.74 Å². The molecule has 1 aliphatic carbocycles. The minimum atomic E-state index is -0.402. The first-order valence-corrected chi connectivity index (χ1v) is 11.8. The fourth-order valence-electron chi connectivity index (χ4n) is 5.30. The smallest absolute Gasteiger partial charge is 0.248 e. The number of likely N-dealkylation sites (N-methyl/N-ethyl adjacent to an activating group) is 1. The Balaban J connectivity index is 1.45. The molecule has 0 saturated carbocycles. The first kappa shape index (κ1) is 24.1. The van der Waals surface area contributed by atoms with Crippen molar-refractivity contribution in [3.63, 3.8) is 0 Å². The summed E-state index contributed by atoms with van der Waals surface area (Å²) in [5.74, 6) is -0.562. The molecule has 180 valence electrons. The average molecular weight is 467 g/mol. The molecule has 1 fully saturated rings. The van der Waals surface area contributed by atoms with Crippen LogP contribution >= 0.6 is 0 Å². The van der Waals surface area contributed by atoms with Gasteiger partial charge in [-0.15, -0.1) is 0 Å². The van der Waals surface area contributed by atoms with Gasteiger partial charge in [0.1, 0.15) is 12.4 Å². The molecule has 0 bridgehead atoms. The predicted molar refractivity (Wildman–Crippen MR) is 126 cm³/mol. The Morgan fingerprint density at radius 2 is 1.79 bits per heavy atom. The van der Waals surface area contributed by atoms with Gasteiger partial charge in [-0.25, -0.2) is 4.39 Å². The summed E-state index contributed by atoms with van der Waals surface area (Å²) in [6.45, 7) is 1.17. The average Bonchev–Trinajstić information content (AvgIpc) is 3.19. The lowest BCUT2D eigenvalue weighted by Crippen LogP contribution is -2.49. The largest absolute Gasteiger partial charge is 0.375 e. The highest BCUT2D eigenvalue weighted by molar-refractivity contribution is 6.06. The van der Waals surface area contributed by atoms with Crippen LogP contribution in [0.3, 0.4) is 0 Å². The number of ketones is 1. The number of hydrogen-bond acceptors (Lipinski definition) is 4. The number of halogens is 1. The molecule has 1 saturated heterocycles. The molecule has 2 aromatic carbocycles. The number of benzene rings is 2. The molecule has 34 heavy (non-hydrogen) atoms. The van der Waals surface area contributed by atoms with Crippen LogP contribution in [-0.2, 0) is 20.7 Å². The number of piperidine rings is 1. The van der Waals surface area contributed by atoms with Crippen molar-refractivity contribution in [2.24, 2.45) is 5.92 Å². The lowest BCUT2D eigenvalue weighted by atomic mass is 9.84. The van der Waals surface area contributed by atoms with Crippen molar-refractivity contribution in [3.05, 3.63) is 71.0 Å². The van der Waals surface area contributed by atoms with Crippen molar-refractivity contribution in [3.8, 4) is 0 Å². The molecule has 7 heteroatoms. The van der Waals surface area contributed by atoms with Gasteiger partial charge in [-0.1, -0.05) is 36.4 Å². The van der Waals surface area contributed by atoms with E-state index >= 15 is 0 Å². The predicted octanol–water partition coefficient (Wildman–Crippen LogP) is 3.45. The highest BCUT2D eigenvalue weighted by Gasteiger charge is 2.38. The summed E-state index contributed by atoms with van der Waals surface area (Å²) < 4.78 is 18.4. The molecule has 2 amide bonds. The van der Waals surface area contributed by atoms with Crippen molar-refractivity contribution < 1.29 is 23.5 Å². The number of nitrogens with zero attached hydrogens (tertiary/aromatic N) is 2. The van der Waals surface area contributed by atoms with E-state index in [0.717, 1.165) is 24.0 Å². The molecular formula is C27H31FN2O4. The van der Waals surface area contributed by atoms with Gasteiger partial charge in [0.05, 0.1) is 5.92 Å². The quantitative estimate of drug-likeness (QED) is 0.627. The number of rotatable bonds is 7. The third kappa shape index (κ3) is 5.04. The van der Waals surface area contributed by atoms with Gasteiger partial charge in [0, 0.05) is 45.3 Å². The van der Waals surface area contributed by atoms with Gasteiger partial charge in [-0.3, -0.25) is 14.4 Å². The zero-order valence-electron chi connectivity index (χ0n) is 19.7. The van der Waals surface area contributed by atoms with Crippen LogP contribution in [0.5, 0.6) is 0 Å². The summed E-state index contributed by atoms with van der Waals surface area (Å²) >= 11 is 0. The van der Waals surface area contributed by atoms with Crippen molar-refractivity contribution in [1.29, 1.82) is 0 Å². The van der Waals surface area contributed by atoms with E-state index in [9.17, 15) is 18.8 Å². The van der Waals surface area contributed by atoms with Crippen LogP contribution in [0.15, 0.2) is 48.5 Å². The first-order valence-electron chi connectivity index (χ1n) is 11.8. The molecule has 0 unspecified atom stereocenters. The van der Waals surface area contributed by atoms with Crippen molar-refractivity contribution >= 4 is 17.6 Å². The molecule has 6 nitrogen and oxygen atoms in total. The third-order valence-corrected chi connectivity index (χ3v) is 7.24. The van der Waals surface area contributed by atoms with Gasteiger partial charge in [0.15, 0.2) is 5.78 Å². The minimum absolute atomic E-state index is 0.00284. The summed E-state index contributed by atoms with van der Waals surface area (Å²) in [6, 6.07) is 13.7. The molecule has 2 aromatic rings. The van der Waals surface area contributed by atoms with E-state index in [1.165, 1.54) is 19.2 Å². The van der Waals surface area contributed by atoms with Crippen LogP contribution in [0.2, 0.25) is 0 Å². The molecule has 2 aliphatic rings. The topological polar surface area (TPSA) is 66.9 Å². The number of likely N-dealkylation sites (tertiary alicyclic amines) is 1. The van der Waals surface area contributed by atoms with Gasteiger partial charge in [-0.2, -0.15) is 0 Å². The lowest BCUT2D eigenvalue weighted by molar-refractivity contribution is -0.139. The van der Waals surface area contributed by atoms with Gasteiger partial charge in [-0.05, 0) is 48.4 Å². The molecular weight excluding hydrogens is 435 g/mol. The second-order valence-corrected chi connectivity index (χ2v) is 9.27. The molecule has 0 radical (unpaired) electrons. The Morgan fingerprint density at radius 1 is 1.12 bits per heavy atom. The fourth-order valence-corrected chi connectivity index (χ4v) is 5.30. The van der Waals surface area contributed by atoms with Crippen LogP contribution in [0.25, 0.3) is 0 Å². The summed E-state index contributed by atoms with van der Waals surface area (Å²) in [5.41, 5.74) is 2.45. The molecule has 0 aromatic heterocycles. The van der Waals surface area contributed by atoms with Gasteiger partial charge < -0.3 is 14.5 Å². The normalized spacial score (nSPS) is 19.1. The van der Waals surface area contributed by atoms with Crippen molar-refractivity contribution in [1.82, 2.24) is 9.80 Å². The standard InChI is InChI=1S/C27H31FN2O4/c1-29(26(32)17-34-2)24(15-18-7-9-20(28)10-8-18)19-11-13-30(14-12-19)27(33)23-16-25(31)22-6-4-3-5-21(22)23/h3-10,19,23-24H,11-17H2,1-2H3/t23-,24+/m0/s1. The highest BCUT2D eigenvalue weighted by atomic mass is 19.1. The first-order chi connectivity index (χ1) is 16.4. The van der Waals surface area contributed by atoms with Crippen LogP contribution in [0.4, 0.5) is 4.39 Å². The van der Waals surface area contributed by atoms with E-state index in [-0.39, 0.29) is 48.4 Å². The SMILES string of the molecule is COCC(=O)N(C)[C@H](Cc1ccc(F)cc1)C1CCN(C(=O)[C@H]2CC(=O)c3ccccc32)CC1. The molecule has 0 spiro atoms. The zero-order valence-corrected chi connectivity index (χ0v) is 19.7. The summed E-state index contributed by atoms with van der Waals surface area (Å²) in [4.78, 5) is 41.9. The zero-order chi connectivity index (χ0) is 24.2. The summed E-state index contributed by atoms with van der Waals surface area (Å²) in [6.07, 6.45) is 2.35. The van der Waals surface area contributed by atoms with Crippen LogP contribution in [0, 0.1) is 11.7 Å². The number of methoxy groups -OCH3 is 1. The maximum atomic E-state index is 13.4. The fraction of sp³-hybridized carbons (Fsp3) is 0.444. The second kappa shape index (κ2) is 10.5. The van der Waals surface area contributed by atoms with Gasteiger partial charge >= 0.3 is 0 Å². The monoisotopic (exact) mass is 466 g/mol. The number of carbonyl (C=O) groups excluding carboxylic acids is 3. The number of carbonyl (C=O) groups is 3. The number of fused-ring (bicyclic) bond motifs is 1. The Hall–Kier alpha value is -3.06. The lowest BCUT2D eigenvalue weighted by Gasteiger charge is -2.40. The Bertz CT molecular complexity index is 1050. The Labute approximate surface area is 199 Å². The highest BCUT2D eigenvalue weighted by Crippen LogP contribution is 2.36. The summed E-state index contributed by atoms with van der Waals surface area (Å²) in [5, 5.41) is 0. The van der Waals surface area contributed by atoms with E-state index < -0.39 is 5.92 Å². The van der Waals surface area contributed by atoms with Gasteiger partial charge in [0.25, 0.3) is 0 Å². The second-order valence-electron chi connectivity index (χ2n) is 9.27. The molecule has 1 aliphatic heterocycles. The third-order valence-electron chi connectivity index (χ3n) is 7.24. The number of Topliss-reactive ketones (excluding diaryl/α,β-unsaturated/α-hetero) is 1. The van der Waals surface area contributed by atoms with Crippen molar-refractivity contribution in [2.75, 3.05) is 33.9 Å². The van der Waals surface area contributed by atoms with E-state index in [1.54, 1.807) is 30.1 Å². The summed E-state index contributed by atoms with van der Waals surface area (Å²) in [7, 11) is 3.28. The Morgan fingerprint density at radius 3 is 2.47 bits per heavy atom. The Kier molecular flexibility index (Phi) is 7.41. The van der Waals surface area contributed by atoms with Crippen LogP contribution in [-0.4, -0.2) is 67.3 Å². The van der Waals surface area contributed by atoms with Crippen LogP contribution in [0.1, 0.15) is 46.7 Å². The van der Waals surface area contributed by atoms with E-state index in [0.29, 0.717) is 25.1 Å². The maximum absolute atomic E-state index is 13.4. The van der Waals surface area contributed by atoms with Gasteiger partial charge in [0.2, 0.25) is 11.8 Å². The maximum Gasteiger partial charge on any atom is 0.248 e. The number of ether oxygens (including phenoxy) is 1. The van der Waals surface area contributed by atoms with E-state index in [2.05, 4.69) is 0 Å². The molecule has 1 heterocycles. The van der Waals surface area contributed by atoms with E-state index in [1.807, 2.05) is 23.1 Å². The van der Waals surface area contributed by atoms with Crippen LogP contribution < -0.4 is 0 Å². The molecule has 2 atom stereocenters. The minimum Gasteiger partial charge on any atom is -0.375 e. The molecule has 0 N–H and O–H groups in total. The number of hydrogen-bond donors (Lipinski definition) is 0. The van der Waals surface area contributed by atoms with Crippen molar-refractivity contribution in [2.45, 2.75) is 37.6 Å². The number of amides is 2. The molecule has 4 rings (SSSR count).